The molecule has 348 valence electrons. The van der Waals surface area contributed by atoms with Crippen LogP contribution in [0, 0.1) is 0 Å². The Labute approximate surface area is 367 Å². The van der Waals surface area contributed by atoms with E-state index in [0.717, 1.165) is 57.8 Å². The minimum Gasteiger partial charge on any atom is -0.480 e. The van der Waals surface area contributed by atoms with Crippen LogP contribution in [0.1, 0.15) is 174 Å². The molecule has 0 aromatic rings. The van der Waals surface area contributed by atoms with E-state index in [4.69, 9.17) is 24.8 Å². The van der Waals surface area contributed by atoms with Gasteiger partial charge >= 0.3 is 25.7 Å². The number of ketones is 1. The van der Waals surface area contributed by atoms with Gasteiger partial charge in [0.15, 0.2) is 11.9 Å². The number of hydrogen-bond acceptors (Lipinski definition) is 10. The molecule has 0 saturated heterocycles. The highest BCUT2D eigenvalue weighted by atomic mass is 31.2. The second kappa shape index (κ2) is 41.9. The van der Waals surface area contributed by atoms with E-state index < -0.39 is 57.7 Å². The van der Waals surface area contributed by atoms with Crippen molar-refractivity contribution in [1.29, 1.82) is 0 Å². The predicted octanol–water partition coefficient (Wildman–Crippen LogP) is 11.7. The average molecular weight is 878 g/mol. The summed E-state index contributed by atoms with van der Waals surface area (Å²) in [6.45, 7) is 2.50. The largest absolute Gasteiger partial charge is 0.480 e. The van der Waals surface area contributed by atoms with Gasteiger partial charge in [-0.15, -0.1) is 0 Å². The summed E-state index contributed by atoms with van der Waals surface area (Å²) >= 11 is 0. The molecule has 0 amide bonds. The standard InChI is InChI=1S/C48H80NO11P/c1-3-5-7-9-11-13-15-17-18-19-20-21-22-24-26-28-30-32-34-38-46(51)57-40-44(41-58-61(55,56)59-42-45(49)48(53)54)60-47(52)39-35-37-43(50)36-33-31-29-27-25-23-16-14-12-10-8-6-4-2/h11-14,17-18,23,25,29,31,33,36,44-45H,3-10,15-16,19-22,24,26-28,30,32,34-35,37-42,49H2,1-2H3,(H,53,54)(H,55,56)/b13-11-,14-12-,18-17-,25-23-,31-29-,36-33+/t44-,45+/m1/s1. The summed E-state index contributed by atoms with van der Waals surface area (Å²) in [6, 6.07) is -1.56. The van der Waals surface area contributed by atoms with Crippen LogP contribution in [-0.4, -0.2) is 65.7 Å². The number of nitrogens with two attached hydrogens (primary N) is 1. The number of carbonyl (C=O) groups is 4. The summed E-state index contributed by atoms with van der Waals surface area (Å²) in [7, 11) is -4.79. The summed E-state index contributed by atoms with van der Waals surface area (Å²) in [4.78, 5) is 58.3. The van der Waals surface area contributed by atoms with Crippen LogP contribution < -0.4 is 5.73 Å². The van der Waals surface area contributed by atoms with Crippen molar-refractivity contribution in [2.75, 3.05) is 19.8 Å². The molecule has 0 fully saturated rings. The van der Waals surface area contributed by atoms with E-state index in [1.807, 2.05) is 6.08 Å². The zero-order valence-electron chi connectivity index (χ0n) is 37.5. The van der Waals surface area contributed by atoms with Crippen molar-refractivity contribution in [2.24, 2.45) is 5.73 Å². The Balaban J connectivity index is 4.52. The third-order valence-corrected chi connectivity index (χ3v) is 10.4. The quantitative estimate of drug-likeness (QED) is 0.0132. The van der Waals surface area contributed by atoms with Crippen molar-refractivity contribution < 1.29 is 52.3 Å². The van der Waals surface area contributed by atoms with E-state index >= 15 is 0 Å². The normalized spacial score (nSPS) is 14.2. The minimum absolute atomic E-state index is 0.0964. The van der Waals surface area contributed by atoms with E-state index in [1.165, 1.54) is 76.7 Å². The number of hydrogen-bond donors (Lipinski definition) is 3. The Morgan fingerprint density at radius 3 is 1.59 bits per heavy atom. The number of allylic oxidation sites excluding steroid dienone is 12. The number of ether oxygens (including phenoxy) is 2. The first kappa shape index (κ1) is 57.6. The smallest absolute Gasteiger partial charge is 0.472 e. The van der Waals surface area contributed by atoms with Gasteiger partial charge in [-0.2, -0.15) is 0 Å². The molecule has 0 rings (SSSR count). The van der Waals surface area contributed by atoms with Crippen LogP contribution in [0.15, 0.2) is 72.9 Å². The van der Waals surface area contributed by atoms with Crippen molar-refractivity contribution in [3.63, 3.8) is 0 Å². The minimum atomic E-state index is -4.79. The fraction of sp³-hybridized carbons (Fsp3) is 0.667. The van der Waals surface area contributed by atoms with E-state index in [2.05, 4.69) is 67.0 Å². The molecule has 4 N–H and O–H groups in total. The van der Waals surface area contributed by atoms with Crippen LogP contribution in [0.4, 0.5) is 0 Å². The first-order valence-corrected chi connectivity index (χ1v) is 24.4. The molecule has 1 unspecified atom stereocenters. The van der Waals surface area contributed by atoms with Crippen LogP contribution >= 0.6 is 7.82 Å². The van der Waals surface area contributed by atoms with E-state index in [0.29, 0.717) is 6.42 Å². The topological polar surface area (TPSA) is 189 Å². The Kier molecular flexibility index (Phi) is 39.6. The van der Waals surface area contributed by atoms with Crippen LogP contribution in [0.2, 0.25) is 0 Å². The molecule has 0 aliphatic heterocycles. The molecule has 13 heteroatoms. The lowest BCUT2D eigenvalue weighted by Crippen LogP contribution is -2.34. The number of carboxylic acid groups (broad SMARTS) is 1. The van der Waals surface area contributed by atoms with Gasteiger partial charge in [0.05, 0.1) is 13.2 Å². The second-order valence-electron chi connectivity index (χ2n) is 15.2. The van der Waals surface area contributed by atoms with Crippen molar-refractivity contribution in [3.8, 4) is 0 Å². The number of esters is 2. The Morgan fingerprint density at radius 2 is 1.03 bits per heavy atom. The molecule has 0 aromatic heterocycles. The lowest BCUT2D eigenvalue weighted by Gasteiger charge is -2.20. The lowest BCUT2D eigenvalue weighted by atomic mass is 10.1. The van der Waals surface area contributed by atoms with Crippen LogP contribution in [0.25, 0.3) is 0 Å². The van der Waals surface area contributed by atoms with Gasteiger partial charge in [-0.25, -0.2) is 4.57 Å². The summed E-state index contributed by atoms with van der Waals surface area (Å²) in [5.74, 6) is -2.84. The Hall–Kier alpha value is -3.41. The lowest BCUT2D eigenvalue weighted by molar-refractivity contribution is -0.161. The number of rotatable bonds is 42. The molecule has 0 saturated carbocycles. The Bertz CT molecular complexity index is 1370. The highest BCUT2D eigenvalue weighted by molar-refractivity contribution is 7.47. The van der Waals surface area contributed by atoms with Gasteiger partial charge in [-0.05, 0) is 76.7 Å². The molecule has 61 heavy (non-hydrogen) atoms. The molecule has 0 aliphatic rings. The molecule has 0 spiro atoms. The van der Waals surface area contributed by atoms with Gasteiger partial charge in [0.2, 0.25) is 0 Å². The summed E-state index contributed by atoms with van der Waals surface area (Å²) < 4.78 is 32.5. The zero-order valence-corrected chi connectivity index (χ0v) is 38.4. The molecule has 0 aromatic carbocycles. The first-order chi connectivity index (χ1) is 29.5. The number of carbonyl (C=O) groups excluding carboxylic acids is 3. The van der Waals surface area contributed by atoms with E-state index in [9.17, 15) is 28.6 Å². The monoisotopic (exact) mass is 878 g/mol. The molecule has 0 heterocycles. The number of carboxylic acids is 1. The molecule has 12 nitrogen and oxygen atoms in total. The van der Waals surface area contributed by atoms with E-state index in [1.54, 1.807) is 12.2 Å². The summed E-state index contributed by atoms with van der Waals surface area (Å²) in [5, 5.41) is 8.89. The number of phosphoric acid groups is 1. The molecular formula is C48H80NO11P. The SMILES string of the molecule is CCCCC/C=C\C/C=C\C/C=C\C=C\C(=O)CCCC(=O)O[C@H](COC(=O)CCCCCCCCCCC/C=C\C/C=C\CCCCC)COP(=O)(O)OC[C@H](N)C(=O)O. The first-order valence-electron chi connectivity index (χ1n) is 22.9. The molecule has 3 atom stereocenters. The van der Waals surface area contributed by atoms with Gasteiger partial charge in [0, 0.05) is 19.3 Å². The van der Waals surface area contributed by atoms with Crippen molar-refractivity contribution in [2.45, 2.75) is 187 Å². The van der Waals surface area contributed by atoms with Gasteiger partial charge in [-0.1, -0.05) is 151 Å². The molecule has 0 bridgehead atoms. The Morgan fingerprint density at radius 1 is 0.557 bits per heavy atom. The highest BCUT2D eigenvalue weighted by Crippen LogP contribution is 2.43. The maximum absolute atomic E-state index is 12.6. The maximum atomic E-state index is 12.6. The van der Waals surface area contributed by atoms with Crippen molar-refractivity contribution in [1.82, 2.24) is 0 Å². The number of unbranched alkanes of at least 4 members (excludes halogenated alkanes) is 15. The number of aliphatic carboxylic acids is 1. The predicted molar refractivity (Wildman–Crippen MR) is 245 cm³/mol. The average Bonchev–Trinajstić information content (AvgIpc) is 3.23. The third-order valence-electron chi connectivity index (χ3n) is 9.40. The van der Waals surface area contributed by atoms with Gasteiger partial charge in [0.1, 0.15) is 12.6 Å². The zero-order chi connectivity index (χ0) is 45.1. The third kappa shape index (κ3) is 41.7. The maximum Gasteiger partial charge on any atom is 0.472 e. The van der Waals surface area contributed by atoms with Gasteiger partial charge in [-0.3, -0.25) is 28.2 Å². The van der Waals surface area contributed by atoms with Crippen molar-refractivity contribution >= 4 is 31.5 Å². The number of phosphoric ester groups is 1. The molecule has 0 aliphatic carbocycles. The molecular weight excluding hydrogens is 797 g/mol. The summed E-state index contributed by atoms with van der Waals surface area (Å²) in [6.07, 6.45) is 46.8. The van der Waals surface area contributed by atoms with E-state index in [-0.39, 0.29) is 31.5 Å². The van der Waals surface area contributed by atoms with Gasteiger partial charge in [0.25, 0.3) is 0 Å². The van der Waals surface area contributed by atoms with Crippen LogP contribution in [-0.2, 0) is 42.3 Å². The summed E-state index contributed by atoms with van der Waals surface area (Å²) in [5.41, 5.74) is 5.32. The van der Waals surface area contributed by atoms with Gasteiger partial charge < -0.3 is 25.2 Å². The van der Waals surface area contributed by atoms with Crippen LogP contribution in [0.3, 0.4) is 0 Å². The van der Waals surface area contributed by atoms with Crippen LogP contribution in [0.5, 0.6) is 0 Å². The van der Waals surface area contributed by atoms with Crippen molar-refractivity contribution in [3.05, 3.63) is 72.9 Å². The fourth-order valence-corrected chi connectivity index (χ4v) is 6.53. The highest BCUT2D eigenvalue weighted by Gasteiger charge is 2.28. The second-order valence-corrected chi connectivity index (χ2v) is 16.7. The molecule has 0 radical (unpaired) electrons. The fourth-order valence-electron chi connectivity index (χ4n) is 5.75.